The van der Waals surface area contributed by atoms with Crippen LogP contribution in [0.3, 0.4) is 0 Å². The molecule has 1 amide bonds. The molecule has 1 saturated heterocycles. The van der Waals surface area contributed by atoms with Gasteiger partial charge in [0.05, 0.1) is 5.57 Å². The van der Waals surface area contributed by atoms with Gasteiger partial charge in [-0.3, -0.25) is 4.79 Å². The van der Waals surface area contributed by atoms with Gasteiger partial charge in [0.1, 0.15) is 27.9 Å². The summed E-state index contributed by atoms with van der Waals surface area (Å²) in [6.45, 7) is 9.40. The number of allylic oxidation sites excluding steroid dienone is 6. The number of hydrogen-bond donors (Lipinski definition) is 2. The third-order valence-corrected chi connectivity index (χ3v) is 5.61. The lowest BCUT2D eigenvalue weighted by Crippen LogP contribution is -2.44. The summed E-state index contributed by atoms with van der Waals surface area (Å²) in [7, 11) is 0. The number of nitrogens with zero attached hydrogens (tertiary/aromatic N) is 2. The maximum atomic E-state index is 14.3. The fraction of sp³-hybridized carbons (Fsp3) is 0.500. The molecular formula is C22H30F2N4O3S. The number of carbonyl (C=O) groups excluding carboxylic acids is 2. The standard InChI is InChI=1S/C22H30F2N4O3S/c1-6-8-15(24)16(14(23)7-2)17(29)18-19(25)27-20(32-18)26-13-9-11-28(12-10-13)21(30)31-22(3,4)5/h6-8,13H,9-12,25H2,1-5H3,(H,26,27)/b8-6-,14-7+,16-15-. The molecule has 176 valence electrons. The van der Waals surface area contributed by atoms with Gasteiger partial charge in [-0.05, 0) is 53.5 Å². The number of likely N-dealkylation sites (tertiary alicyclic amines) is 1. The van der Waals surface area contributed by atoms with Gasteiger partial charge in [0.25, 0.3) is 0 Å². The Balaban J connectivity index is 2.09. The van der Waals surface area contributed by atoms with Crippen LogP contribution in [0.15, 0.2) is 35.5 Å². The van der Waals surface area contributed by atoms with Crippen LogP contribution < -0.4 is 11.1 Å². The average molecular weight is 469 g/mol. The smallest absolute Gasteiger partial charge is 0.410 e. The van der Waals surface area contributed by atoms with Crippen LogP contribution in [-0.4, -0.2) is 46.5 Å². The number of rotatable bonds is 6. The predicted octanol–water partition coefficient (Wildman–Crippen LogP) is 5.39. The van der Waals surface area contributed by atoms with Crippen molar-refractivity contribution in [3.8, 4) is 0 Å². The van der Waals surface area contributed by atoms with Gasteiger partial charge in [0.15, 0.2) is 5.13 Å². The van der Waals surface area contributed by atoms with Crippen molar-refractivity contribution in [2.45, 2.75) is 59.1 Å². The molecule has 10 heteroatoms. The maximum Gasteiger partial charge on any atom is 0.410 e. The number of amides is 1. The number of nitrogens with two attached hydrogens (primary N) is 1. The molecule has 0 atom stereocenters. The highest BCUT2D eigenvalue weighted by Crippen LogP contribution is 2.32. The van der Waals surface area contributed by atoms with E-state index in [0.717, 1.165) is 23.5 Å². The second kappa shape index (κ2) is 10.7. The summed E-state index contributed by atoms with van der Waals surface area (Å²) < 4.78 is 33.9. The second-order valence-corrected chi connectivity index (χ2v) is 9.31. The molecule has 1 aliphatic rings. The Morgan fingerprint density at radius 2 is 1.88 bits per heavy atom. The number of aromatic nitrogens is 1. The van der Waals surface area contributed by atoms with Crippen molar-refractivity contribution in [1.29, 1.82) is 0 Å². The summed E-state index contributed by atoms with van der Waals surface area (Å²) in [5.41, 5.74) is 4.65. The summed E-state index contributed by atoms with van der Waals surface area (Å²) in [6.07, 6.45) is 4.36. The Labute approximate surface area is 191 Å². The van der Waals surface area contributed by atoms with E-state index in [9.17, 15) is 18.4 Å². The van der Waals surface area contributed by atoms with E-state index in [2.05, 4.69) is 10.3 Å². The lowest BCUT2D eigenvalue weighted by molar-refractivity contribution is 0.0210. The molecule has 1 aliphatic heterocycles. The van der Waals surface area contributed by atoms with Crippen molar-refractivity contribution >= 4 is 34.2 Å². The van der Waals surface area contributed by atoms with Gasteiger partial charge in [-0.25, -0.2) is 18.6 Å². The third kappa shape index (κ3) is 6.62. The van der Waals surface area contributed by atoms with Crippen LogP contribution in [0, 0.1) is 0 Å². The van der Waals surface area contributed by atoms with E-state index < -0.39 is 28.6 Å². The number of ketones is 1. The minimum absolute atomic E-state index is 0.00392. The summed E-state index contributed by atoms with van der Waals surface area (Å²) in [4.78, 5) is 30.8. The highest BCUT2D eigenvalue weighted by Gasteiger charge is 2.29. The molecule has 2 heterocycles. The van der Waals surface area contributed by atoms with Gasteiger partial charge >= 0.3 is 6.09 Å². The van der Waals surface area contributed by atoms with E-state index in [1.807, 2.05) is 20.8 Å². The number of nitrogen functional groups attached to an aromatic ring is 1. The van der Waals surface area contributed by atoms with Crippen molar-refractivity contribution in [3.63, 3.8) is 0 Å². The largest absolute Gasteiger partial charge is 0.444 e. The fourth-order valence-electron chi connectivity index (χ4n) is 3.08. The number of ether oxygens (including phenoxy) is 1. The Morgan fingerprint density at radius 3 is 2.41 bits per heavy atom. The topological polar surface area (TPSA) is 97.5 Å². The summed E-state index contributed by atoms with van der Waals surface area (Å²) in [5.74, 6) is -2.91. The van der Waals surface area contributed by atoms with Crippen molar-refractivity contribution in [2.24, 2.45) is 0 Å². The molecular weight excluding hydrogens is 438 g/mol. The summed E-state index contributed by atoms with van der Waals surface area (Å²) in [5, 5.41) is 3.59. The molecule has 0 radical (unpaired) electrons. The predicted molar refractivity (Wildman–Crippen MR) is 123 cm³/mol. The normalized spacial score (nSPS) is 16.8. The molecule has 0 unspecified atom stereocenters. The van der Waals surface area contributed by atoms with Crippen LogP contribution in [0.25, 0.3) is 0 Å². The zero-order valence-corrected chi connectivity index (χ0v) is 19.8. The number of halogens is 2. The molecule has 1 aromatic heterocycles. The van der Waals surface area contributed by atoms with Gasteiger partial charge in [-0.15, -0.1) is 0 Å². The first kappa shape index (κ1) is 25.5. The fourth-order valence-corrected chi connectivity index (χ4v) is 3.99. The molecule has 0 aromatic carbocycles. The van der Waals surface area contributed by atoms with Crippen LogP contribution in [-0.2, 0) is 4.74 Å². The molecule has 1 fully saturated rings. The molecule has 32 heavy (non-hydrogen) atoms. The van der Waals surface area contributed by atoms with E-state index in [0.29, 0.717) is 31.1 Å². The minimum atomic E-state index is -0.982. The van der Waals surface area contributed by atoms with Gasteiger partial charge in [0.2, 0.25) is 5.78 Å². The molecule has 1 aromatic rings. The molecule has 0 bridgehead atoms. The highest BCUT2D eigenvalue weighted by atomic mass is 32.1. The van der Waals surface area contributed by atoms with E-state index >= 15 is 0 Å². The maximum absolute atomic E-state index is 14.3. The Bertz CT molecular complexity index is 939. The van der Waals surface area contributed by atoms with Crippen LogP contribution in [0.4, 0.5) is 24.5 Å². The number of carbonyl (C=O) groups is 2. The van der Waals surface area contributed by atoms with E-state index in [1.54, 1.807) is 11.8 Å². The number of nitrogens with one attached hydrogen (secondary N) is 1. The van der Waals surface area contributed by atoms with Crippen molar-refractivity contribution in [2.75, 3.05) is 24.1 Å². The quantitative estimate of drug-likeness (QED) is 0.330. The zero-order chi connectivity index (χ0) is 24.1. The van der Waals surface area contributed by atoms with E-state index in [-0.39, 0.29) is 22.8 Å². The third-order valence-electron chi connectivity index (χ3n) is 4.61. The summed E-state index contributed by atoms with van der Waals surface area (Å²) >= 11 is 0.947. The van der Waals surface area contributed by atoms with Crippen LogP contribution in [0.1, 0.15) is 57.1 Å². The van der Waals surface area contributed by atoms with Crippen molar-refractivity contribution < 1.29 is 23.1 Å². The first-order valence-corrected chi connectivity index (χ1v) is 11.2. The number of thiazole rings is 1. The number of anilines is 2. The second-order valence-electron chi connectivity index (χ2n) is 8.31. The van der Waals surface area contributed by atoms with Crippen molar-refractivity contribution in [3.05, 3.63) is 40.3 Å². The van der Waals surface area contributed by atoms with Crippen LogP contribution >= 0.6 is 11.3 Å². The average Bonchev–Trinajstić information content (AvgIpc) is 3.07. The van der Waals surface area contributed by atoms with Crippen LogP contribution in [0.5, 0.6) is 0 Å². The van der Waals surface area contributed by atoms with Gasteiger partial charge in [0, 0.05) is 19.1 Å². The molecule has 7 nitrogen and oxygen atoms in total. The van der Waals surface area contributed by atoms with Gasteiger partial charge in [-0.1, -0.05) is 23.5 Å². The Hall–Kier alpha value is -2.75. The Kier molecular flexibility index (Phi) is 8.54. The van der Waals surface area contributed by atoms with Crippen molar-refractivity contribution in [1.82, 2.24) is 9.88 Å². The molecule has 0 aliphatic carbocycles. The van der Waals surface area contributed by atoms with E-state index in [4.69, 9.17) is 10.5 Å². The number of piperidine rings is 1. The first-order chi connectivity index (χ1) is 15.0. The summed E-state index contributed by atoms with van der Waals surface area (Å²) in [6, 6.07) is 0.00392. The highest BCUT2D eigenvalue weighted by molar-refractivity contribution is 7.18. The van der Waals surface area contributed by atoms with Gasteiger partial charge in [-0.2, -0.15) is 0 Å². The molecule has 2 rings (SSSR count). The SMILES string of the molecule is C\C=C/C(F)=C(C(=O)c1sc(NC2CCN(C(=O)OC(C)(C)C)CC2)nc1N)\C(F)=C/C. The first-order valence-electron chi connectivity index (χ1n) is 10.4. The number of hydrogen-bond acceptors (Lipinski definition) is 7. The Morgan fingerprint density at radius 1 is 1.25 bits per heavy atom. The zero-order valence-electron chi connectivity index (χ0n) is 19.0. The number of Topliss-reactive ketones (excluding diaryl/α,β-unsaturated/α-hetero) is 1. The minimum Gasteiger partial charge on any atom is -0.444 e. The lowest BCUT2D eigenvalue weighted by atomic mass is 10.1. The van der Waals surface area contributed by atoms with Crippen LogP contribution in [0.2, 0.25) is 0 Å². The lowest BCUT2D eigenvalue weighted by Gasteiger charge is -2.33. The molecule has 0 saturated carbocycles. The molecule has 0 spiro atoms. The monoisotopic (exact) mass is 468 g/mol. The van der Waals surface area contributed by atoms with E-state index in [1.165, 1.54) is 13.0 Å². The van der Waals surface area contributed by atoms with Gasteiger partial charge < -0.3 is 20.7 Å². The molecule has 3 N–H and O–H groups in total.